The molecule has 1 aromatic rings. The number of rotatable bonds is 6. The summed E-state index contributed by atoms with van der Waals surface area (Å²) < 4.78 is 5.38. The normalized spacial score (nSPS) is 20.1. The average molecular weight is 262 g/mol. The van der Waals surface area contributed by atoms with E-state index < -0.39 is 0 Å². The van der Waals surface area contributed by atoms with Crippen molar-refractivity contribution in [3.63, 3.8) is 0 Å². The minimum absolute atomic E-state index is 0.172. The summed E-state index contributed by atoms with van der Waals surface area (Å²) in [5.74, 6) is 1.12. The molecule has 0 saturated heterocycles. The predicted octanol–water partition coefficient (Wildman–Crippen LogP) is 2.30. The first-order chi connectivity index (χ1) is 9.31. The fourth-order valence-electron chi connectivity index (χ4n) is 2.88. The van der Waals surface area contributed by atoms with Gasteiger partial charge in [-0.25, -0.2) is 0 Å². The zero-order valence-electron chi connectivity index (χ0n) is 11.3. The molecule has 3 rings (SSSR count). The Labute approximate surface area is 114 Å². The van der Waals surface area contributed by atoms with Crippen LogP contribution in [-0.4, -0.2) is 29.4 Å². The molecule has 0 aliphatic heterocycles. The van der Waals surface area contributed by atoms with E-state index in [0.717, 1.165) is 25.1 Å². The first-order valence-corrected chi connectivity index (χ1v) is 7.37. The lowest BCUT2D eigenvalue weighted by Gasteiger charge is -2.21. The molecule has 0 atom stereocenters. The maximum atomic E-state index is 12.1. The van der Waals surface area contributed by atoms with Crippen LogP contribution in [0, 0.1) is 0 Å². The van der Waals surface area contributed by atoms with E-state index in [9.17, 15) is 4.79 Å². The number of carbonyl (C=O) groups is 1. The molecule has 4 heteroatoms. The SMILES string of the molecule is O=C(CN(Cc1ccco1)C1CC1)NC1CCCC1. The highest BCUT2D eigenvalue weighted by Gasteiger charge is 2.31. The molecule has 0 bridgehead atoms. The lowest BCUT2D eigenvalue weighted by atomic mass is 10.2. The molecule has 2 aliphatic rings. The van der Waals surface area contributed by atoms with Gasteiger partial charge in [0.2, 0.25) is 5.91 Å². The number of hydrogen-bond donors (Lipinski definition) is 1. The molecule has 0 aromatic carbocycles. The van der Waals surface area contributed by atoms with Gasteiger partial charge in [0.05, 0.1) is 19.4 Å². The van der Waals surface area contributed by atoms with Crippen LogP contribution < -0.4 is 5.32 Å². The van der Waals surface area contributed by atoms with Gasteiger partial charge in [-0.3, -0.25) is 9.69 Å². The molecule has 1 heterocycles. The topological polar surface area (TPSA) is 45.5 Å². The Kier molecular flexibility index (Phi) is 3.87. The number of carbonyl (C=O) groups excluding carboxylic acids is 1. The van der Waals surface area contributed by atoms with Crippen molar-refractivity contribution in [1.82, 2.24) is 10.2 Å². The Bertz CT molecular complexity index is 406. The van der Waals surface area contributed by atoms with Crippen molar-refractivity contribution in [3.05, 3.63) is 24.2 Å². The van der Waals surface area contributed by atoms with Gasteiger partial charge in [0.15, 0.2) is 0 Å². The van der Waals surface area contributed by atoms with Crippen molar-refractivity contribution in [1.29, 1.82) is 0 Å². The maximum Gasteiger partial charge on any atom is 0.234 e. The summed E-state index contributed by atoms with van der Waals surface area (Å²) in [5.41, 5.74) is 0. The lowest BCUT2D eigenvalue weighted by Crippen LogP contribution is -2.41. The molecule has 4 nitrogen and oxygen atoms in total. The third-order valence-corrected chi connectivity index (χ3v) is 4.07. The molecule has 19 heavy (non-hydrogen) atoms. The molecule has 104 valence electrons. The molecule has 1 aromatic heterocycles. The molecule has 0 spiro atoms. The highest BCUT2D eigenvalue weighted by atomic mass is 16.3. The van der Waals surface area contributed by atoms with Crippen LogP contribution in [0.2, 0.25) is 0 Å². The first kappa shape index (κ1) is 12.7. The van der Waals surface area contributed by atoms with Crippen LogP contribution in [-0.2, 0) is 11.3 Å². The second kappa shape index (κ2) is 5.78. The number of nitrogens with one attached hydrogen (secondary N) is 1. The van der Waals surface area contributed by atoms with E-state index in [2.05, 4.69) is 10.2 Å². The Morgan fingerprint density at radius 2 is 2.11 bits per heavy atom. The van der Waals surface area contributed by atoms with E-state index in [1.165, 1.54) is 25.7 Å². The average Bonchev–Trinajstić information content (AvgIpc) is 2.87. The third-order valence-electron chi connectivity index (χ3n) is 4.07. The van der Waals surface area contributed by atoms with Crippen molar-refractivity contribution in [2.24, 2.45) is 0 Å². The van der Waals surface area contributed by atoms with Gasteiger partial charge in [0, 0.05) is 12.1 Å². The second-order valence-corrected chi connectivity index (χ2v) is 5.76. The van der Waals surface area contributed by atoms with Crippen molar-refractivity contribution < 1.29 is 9.21 Å². The zero-order valence-corrected chi connectivity index (χ0v) is 11.3. The first-order valence-electron chi connectivity index (χ1n) is 7.37. The molecule has 2 saturated carbocycles. The van der Waals surface area contributed by atoms with Crippen molar-refractivity contribution in [3.8, 4) is 0 Å². The number of furan rings is 1. The van der Waals surface area contributed by atoms with Crippen LogP contribution >= 0.6 is 0 Å². The third kappa shape index (κ3) is 3.60. The Morgan fingerprint density at radius 3 is 2.74 bits per heavy atom. The second-order valence-electron chi connectivity index (χ2n) is 5.76. The van der Waals surface area contributed by atoms with Gasteiger partial charge in [-0.15, -0.1) is 0 Å². The molecule has 0 radical (unpaired) electrons. The van der Waals surface area contributed by atoms with E-state index in [1.807, 2.05) is 12.1 Å². The van der Waals surface area contributed by atoms with Gasteiger partial charge >= 0.3 is 0 Å². The van der Waals surface area contributed by atoms with E-state index in [4.69, 9.17) is 4.42 Å². The highest BCUT2D eigenvalue weighted by Crippen LogP contribution is 2.28. The van der Waals surface area contributed by atoms with E-state index in [-0.39, 0.29) is 5.91 Å². The summed E-state index contributed by atoms with van der Waals surface area (Å²) in [5, 5.41) is 3.16. The van der Waals surface area contributed by atoms with Gasteiger partial charge in [0.1, 0.15) is 5.76 Å². The standard InChI is InChI=1S/C15H22N2O2/c18-15(16-12-4-1-2-5-12)11-17(13-7-8-13)10-14-6-3-9-19-14/h3,6,9,12-13H,1-2,4-5,7-8,10-11H2,(H,16,18). The van der Waals surface area contributed by atoms with Crippen LogP contribution in [0.5, 0.6) is 0 Å². The zero-order chi connectivity index (χ0) is 13.1. The van der Waals surface area contributed by atoms with Crippen LogP contribution in [0.15, 0.2) is 22.8 Å². The molecule has 2 fully saturated rings. The summed E-state index contributed by atoms with van der Waals surface area (Å²) in [4.78, 5) is 14.3. The minimum Gasteiger partial charge on any atom is -0.468 e. The monoisotopic (exact) mass is 262 g/mol. The fraction of sp³-hybridized carbons (Fsp3) is 0.667. The van der Waals surface area contributed by atoms with Gasteiger partial charge in [-0.1, -0.05) is 12.8 Å². The molecular formula is C15H22N2O2. The molecule has 1 amide bonds. The smallest absolute Gasteiger partial charge is 0.234 e. The lowest BCUT2D eigenvalue weighted by molar-refractivity contribution is -0.123. The van der Waals surface area contributed by atoms with Crippen molar-refractivity contribution in [2.45, 2.75) is 57.2 Å². The highest BCUT2D eigenvalue weighted by molar-refractivity contribution is 5.78. The van der Waals surface area contributed by atoms with E-state index in [0.29, 0.717) is 18.6 Å². The predicted molar refractivity (Wildman–Crippen MR) is 72.5 cm³/mol. The summed E-state index contributed by atoms with van der Waals surface area (Å²) in [6.45, 7) is 1.25. The molecule has 2 aliphatic carbocycles. The van der Waals surface area contributed by atoms with Crippen LogP contribution in [0.1, 0.15) is 44.3 Å². The van der Waals surface area contributed by atoms with E-state index in [1.54, 1.807) is 6.26 Å². The van der Waals surface area contributed by atoms with Crippen molar-refractivity contribution >= 4 is 5.91 Å². The van der Waals surface area contributed by atoms with Crippen molar-refractivity contribution in [2.75, 3.05) is 6.54 Å². The summed E-state index contributed by atoms with van der Waals surface area (Å²) >= 11 is 0. The number of amides is 1. The summed E-state index contributed by atoms with van der Waals surface area (Å²) in [6, 6.07) is 4.86. The Hall–Kier alpha value is -1.29. The van der Waals surface area contributed by atoms with Crippen LogP contribution in [0.3, 0.4) is 0 Å². The Morgan fingerprint density at radius 1 is 1.32 bits per heavy atom. The maximum absolute atomic E-state index is 12.1. The Balaban J connectivity index is 1.51. The molecule has 0 unspecified atom stereocenters. The summed E-state index contributed by atoms with van der Waals surface area (Å²) in [7, 11) is 0. The number of hydrogen-bond acceptors (Lipinski definition) is 3. The quantitative estimate of drug-likeness (QED) is 0.855. The van der Waals surface area contributed by atoms with Gasteiger partial charge < -0.3 is 9.73 Å². The number of nitrogens with zero attached hydrogens (tertiary/aromatic N) is 1. The fourth-order valence-corrected chi connectivity index (χ4v) is 2.88. The summed E-state index contributed by atoms with van der Waals surface area (Å²) in [6.07, 6.45) is 8.90. The van der Waals surface area contributed by atoms with Gasteiger partial charge in [-0.2, -0.15) is 0 Å². The molecule has 1 N–H and O–H groups in total. The van der Waals surface area contributed by atoms with Crippen LogP contribution in [0.4, 0.5) is 0 Å². The van der Waals surface area contributed by atoms with Gasteiger partial charge in [-0.05, 0) is 37.8 Å². The minimum atomic E-state index is 0.172. The van der Waals surface area contributed by atoms with E-state index >= 15 is 0 Å². The van der Waals surface area contributed by atoms with Gasteiger partial charge in [0.25, 0.3) is 0 Å². The van der Waals surface area contributed by atoms with Crippen LogP contribution in [0.25, 0.3) is 0 Å². The molecular weight excluding hydrogens is 240 g/mol. The largest absolute Gasteiger partial charge is 0.468 e.